The van der Waals surface area contributed by atoms with E-state index in [4.69, 9.17) is 37.0 Å². The standard InChI is InChI=1S/C93H182O17P2/c1-7-11-13-15-17-19-21-23-24-25-26-30-33-40-46-52-58-64-70-76-91(96)104-82-89(109-92(97)77-71-65-59-53-47-41-34-31-28-27-29-32-38-43-49-55-61-67-73-85(5)9-3)84-108-112(101,102)106-80-87(94)79-105-111(99,100)107-83-88(81-103-90(95)75-69-63-57-51-45-37-22-20-18-16-14-12-8-2)110-93(98)78-72-66-60-54-48-42-36-35-39-44-50-56-62-68-74-86(6)10-4/h85-89,94H,7-84H2,1-6H3,(H,99,100)(H,101,102)/t85?,86?,87-,88+,89+/m0/s1. The molecule has 0 rings (SSSR count). The van der Waals surface area contributed by atoms with Gasteiger partial charge in [0.15, 0.2) is 12.2 Å². The minimum absolute atomic E-state index is 0.109. The molecule has 0 aliphatic rings. The fraction of sp³-hybridized carbons (Fsp3) is 0.957. The van der Waals surface area contributed by atoms with E-state index in [9.17, 15) is 43.2 Å². The molecule has 0 bridgehead atoms. The van der Waals surface area contributed by atoms with Crippen molar-refractivity contribution in [3.63, 3.8) is 0 Å². The van der Waals surface area contributed by atoms with E-state index in [1.165, 1.54) is 321 Å². The Morgan fingerprint density at radius 2 is 0.429 bits per heavy atom. The average Bonchev–Trinajstić information content (AvgIpc) is 0.900. The topological polar surface area (TPSA) is 237 Å². The summed E-state index contributed by atoms with van der Waals surface area (Å²) in [6.45, 7) is 9.84. The first kappa shape index (κ1) is 110. The van der Waals surface area contributed by atoms with Crippen LogP contribution in [0.2, 0.25) is 0 Å². The smallest absolute Gasteiger partial charge is 0.462 e. The summed E-state index contributed by atoms with van der Waals surface area (Å²) >= 11 is 0. The Morgan fingerprint density at radius 1 is 0.250 bits per heavy atom. The van der Waals surface area contributed by atoms with Gasteiger partial charge in [-0.1, -0.05) is 452 Å². The summed E-state index contributed by atoms with van der Waals surface area (Å²) in [5.41, 5.74) is 0. The van der Waals surface area contributed by atoms with E-state index in [-0.39, 0.29) is 25.7 Å². The summed E-state index contributed by atoms with van der Waals surface area (Å²) in [5.74, 6) is -0.374. The van der Waals surface area contributed by atoms with Gasteiger partial charge in [-0.2, -0.15) is 0 Å². The summed E-state index contributed by atoms with van der Waals surface area (Å²) in [5, 5.41) is 10.7. The third-order valence-electron chi connectivity index (χ3n) is 22.7. The van der Waals surface area contributed by atoms with Gasteiger partial charge in [-0.05, 0) is 37.5 Å². The van der Waals surface area contributed by atoms with E-state index in [2.05, 4.69) is 41.5 Å². The predicted molar refractivity (Wildman–Crippen MR) is 465 cm³/mol. The van der Waals surface area contributed by atoms with Gasteiger partial charge in [0, 0.05) is 25.7 Å². The molecule has 0 aromatic rings. The fourth-order valence-corrected chi connectivity index (χ4v) is 16.2. The maximum atomic E-state index is 13.2. The Bertz CT molecular complexity index is 2140. The van der Waals surface area contributed by atoms with Crippen LogP contribution in [0.3, 0.4) is 0 Å². The lowest BCUT2D eigenvalue weighted by Gasteiger charge is -2.21. The van der Waals surface area contributed by atoms with Crippen LogP contribution in [-0.4, -0.2) is 96.7 Å². The van der Waals surface area contributed by atoms with Crippen LogP contribution in [0, 0.1) is 11.8 Å². The van der Waals surface area contributed by atoms with Crippen molar-refractivity contribution in [2.24, 2.45) is 11.8 Å². The molecule has 0 aliphatic carbocycles. The van der Waals surface area contributed by atoms with Gasteiger partial charge in [-0.15, -0.1) is 0 Å². The van der Waals surface area contributed by atoms with Crippen molar-refractivity contribution in [1.29, 1.82) is 0 Å². The maximum Gasteiger partial charge on any atom is 0.472 e. The van der Waals surface area contributed by atoms with Crippen molar-refractivity contribution in [2.45, 2.75) is 522 Å². The number of carbonyl (C=O) groups excluding carboxylic acids is 4. The van der Waals surface area contributed by atoms with Gasteiger partial charge in [0.05, 0.1) is 26.4 Å². The normalized spacial score (nSPS) is 14.2. The van der Waals surface area contributed by atoms with Crippen molar-refractivity contribution in [3.05, 3.63) is 0 Å². The molecule has 0 aromatic carbocycles. The molecule has 17 nitrogen and oxygen atoms in total. The molecule has 0 spiro atoms. The Balaban J connectivity index is 5.26. The summed E-state index contributed by atoms with van der Waals surface area (Å²) < 4.78 is 69.2. The molecule has 112 heavy (non-hydrogen) atoms. The average molecular weight is 1630 g/mol. The quantitative estimate of drug-likeness (QED) is 0.0222. The number of rotatable bonds is 92. The van der Waals surface area contributed by atoms with Crippen LogP contribution in [-0.2, 0) is 65.4 Å². The van der Waals surface area contributed by atoms with E-state index in [0.717, 1.165) is 102 Å². The summed E-state index contributed by atoms with van der Waals surface area (Å²) in [7, 11) is -9.94. The maximum absolute atomic E-state index is 13.2. The minimum atomic E-state index is -4.97. The van der Waals surface area contributed by atoms with Crippen LogP contribution in [0.4, 0.5) is 0 Å². The molecule has 0 saturated carbocycles. The molecule has 7 atom stereocenters. The third-order valence-corrected chi connectivity index (χ3v) is 24.6. The second kappa shape index (κ2) is 84.1. The van der Waals surface area contributed by atoms with Crippen LogP contribution in [0.5, 0.6) is 0 Å². The van der Waals surface area contributed by atoms with E-state index in [1.807, 2.05) is 0 Å². The largest absolute Gasteiger partial charge is 0.472 e. The molecular weight excluding hydrogens is 1450 g/mol. The Kier molecular flexibility index (Phi) is 82.6. The highest BCUT2D eigenvalue weighted by Gasteiger charge is 2.31. The van der Waals surface area contributed by atoms with Crippen LogP contribution >= 0.6 is 15.6 Å². The van der Waals surface area contributed by atoms with Crippen LogP contribution in [0.15, 0.2) is 0 Å². The lowest BCUT2D eigenvalue weighted by molar-refractivity contribution is -0.161. The van der Waals surface area contributed by atoms with E-state index in [0.29, 0.717) is 25.7 Å². The number of aliphatic hydroxyl groups excluding tert-OH is 1. The summed E-state index contributed by atoms with van der Waals surface area (Å²) in [6, 6.07) is 0. The van der Waals surface area contributed by atoms with Crippen LogP contribution in [0.25, 0.3) is 0 Å². The van der Waals surface area contributed by atoms with E-state index < -0.39 is 97.5 Å². The van der Waals surface area contributed by atoms with Crippen molar-refractivity contribution < 1.29 is 80.2 Å². The van der Waals surface area contributed by atoms with Crippen molar-refractivity contribution in [3.8, 4) is 0 Å². The van der Waals surface area contributed by atoms with Crippen molar-refractivity contribution in [2.75, 3.05) is 39.6 Å². The molecule has 0 fully saturated rings. The molecule has 0 aromatic heterocycles. The van der Waals surface area contributed by atoms with Gasteiger partial charge in [0.25, 0.3) is 0 Å². The molecule has 0 amide bonds. The van der Waals surface area contributed by atoms with Crippen molar-refractivity contribution >= 4 is 39.5 Å². The zero-order valence-corrected chi connectivity index (χ0v) is 75.8. The van der Waals surface area contributed by atoms with Gasteiger partial charge in [-0.25, -0.2) is 9.13 Å². The number of phosphoric ester groups is 2. The number of esters is 4. The van der Waals surface area contributed by atoms with Gasteiger partial charge in [0.1, 0.15) is 19.3 Å². The third kappa shape index (κ3) is 83.1. The number of hydrogen-bond donors (Lipinski definition) is 3. The molecule has 4 unspecified atom stereocenters. The summed E-state index contributed by atoms with van der Waals surface area (Å²) in [6.07, 6.45) is 79.0. The molecule has 666 valence electrons. The SMILES string of the molecule is CCCCCCCCCCCCCCCCCCCCCC(=O)OC[C@H](COP(=O)(O)OC[C@@H](O)COP(=O)(O)OC[C@@H](COC(=O)CCCCCCCCCCCCCCC)OC(=O)CCCCCCCCCCCCCCCCC(C)CC)OC(=O)CCCCCCCCCCCCCCCCCCCCC(C)CC. The highest BCUT2D eigenvalue weighted by atomic mass is 31.2. The second-order valence-electron chi connectivity index (χ2n) is 33.9. The molecule has 0 aliphatic heterocycles. The van der Waals surface area contributed by atoms with Crippen LogP contribution < -0.4 is 0 Å². The van der Waals surface area contributed by atoms with E-state index >= 15 is 0 Å². The predicted octanol–water partition coefficient (Wildman–Crippen LogP) is 29.0. The van der Waals surface area contributed by atoms with Crippen molar-refractivity contribution in [1.82, 2.24) is 0 Å². The van der Waals surface area contributed by atoms with Gasteiger partial charge in [-0.3, -0.25) is 37.3 Å². The van der Waals surface area contributed by atoms with Crippen LogP contribution in [0.1, 0.15) is 504 Å². The summed E-state index contributed by atoms with van der Waals surface area (Å²) in [4.78, 5) is 73.5. The number of phosphoric acid groups is 2. The Morgan fingerprint density at radius 3 is 0.634 bits per heavy atom. The number of ether oxygens (including phenoxy) is 4. The lowest BCUT2D eigenvalue weighted by Crippen LogP contribution is -2.30. The first-order chi connectivity index (χ1) is 54.4. The molecule has 0 heterocycles. The fourth-order valence-electron chi connectivity index (χ4n) is 14.6. The highest BCUT2D eigenvalue weighted by Crippen LogP contribution is 2.45. The number of carbonyl (C=O) groups is 4. The van der Waals surface area contributed by atoms with Gasteiger partial charge < -0.3 is 33.8 Å². The molecule has 0 saturated heterocycles. The second-order valence-corrected chi connectivity index (χ2v) is 36.8. The first-order valence-electron chi connectivity index (χ1n) is 48.1. The zero-order chi connectivity index (χ0) is 82.0. The number of hydrogen-bond acceptors (Lipinski definition) is 15. The van der Waals surface area contributed by atoms with E-state index in [1.54, 1.807) is 0 Å². The lowest BCUT2D eigenvalue weighted by atomic mass is 9.99. The first-order valence-corrected chi connectivity index (χ1v) is 51.1. The zero-order valence-electron chi connectivity index (χ0n) is 74.0. The Hall–Kier alpha value is -1.94. The molecule has 19 heteroatoms. The Labute approximate surface area is 689 Å². The number of aliphatic hydroxyl groups is 1. The monoisotopic (exact) mass is 1630 g/mol. The minimum Gasteiger partial charge on any atom is -0.462 e. The van der Waals surface area contributed by atoms with Gasteiger partial charge >= 0.3 is 39.5 Å². The molecule has 3 N–H and O–H groups in total. The van der Waals surface area contributed by atoms with Gasteiger partial charge in [0.2, 0.25) is 0 Å². The highest BCUT2D eigenvalue weighted by molar-refractivity contribution is 7.47. The molecule has 0 radical (unpaired) electrons. The molecular formula is C93H182O17P2. The number of unbranched alkanes of at least 4 members (excludes halogenated alkanes) is 60.